The van der Waals surface area contributed by atoms with Crippen molar-refractivity contribution in [3.8, 4) is 0 Å². The van der Waals surface area contributed by atoms with E-state index in [1.54, 1.807) is 0 Å². The lowest BCUT2D eigenvalue weighted by Crippen LogP contribution is -2.29. The fourth-order valence-corrected chi connectivity index (χ4v) is 3.63. The van der Waals surface area contributed by atoms with Gasteiger partial charge in [-0.3, -0.25) is 4.79 Å². The van der Waals surface area contributed by atoms with E-state index in [0.29, 0.717) is 18.5 Å². The second-order valence-corrected chi connectivity index (χ2v) is 6.80. The van der Waals surface area contributed by atoms with Crippen molar-refractivity contribution < 1.29 is 9.90 Å². The van der Waals surface area contributed by atoms with Crippen LogP contribution in [0.1, 0.15) is 38.2 Å². The van der Waals surface area contributed by atoms with Gasteiger partial charge in [0.05, 0.1) is 5.92 Å². The van der Waals surface area contributed by atoms with Gasteiger partial charge < -0.3 is 14.6 Å². The van der Waals surface area contributed by atoms with Gasteiger partial charge in [-0.15, -0.1) is 0 Å². The molecule has 5 nitrogen and oxygen atoms in total. The molecule has 2 aliphatic rings. The highest BCUT2D eigenvalue weighted by Crippen LogP contribution is 2.26. The summed E-state index contributed by atoms with van der Waals surface area (Å²) >= 11 is 0. The minimum Gasteiger partial charge on any atom is -0.481 e. The number of likely N-dealkylation sites (tertiary alicyclic amines) is 1. The van der Waals surface area contributed by atoms with Gasteiger partial charge >= 0.3 is 5.97 Å². The first-order chi connectivity index (χ1) is 10.0. The Morgan fingerprint density at radius 2 is 2.24 bits per heavy atom. The first-order valence-corrected chi connectivity index (χ1v) is 8.04. The van der Waals surface area contributed by atoms with Crippen LogP contribution in [0.15, 0.2) is 6.20 Å². The average molecular weight is 291 g/mol. The van der Waals surface area contributed by atoms with E-state index in [1.165, 1.54) is 18.7 Å². The predicted octanol–water partition coefficient (Wildman–Crippen LogP) is 1.80. The molecule has 1 N–H and O–H groups in total. The molecule has 5 heteroatoms. The van der Waals surface area contributed by atoms with Gasteiger partial charge in [-0.2, -0.15) is 0 Å². The molecule has 1 fully saturated rings. The zero-order valence-corrected chi connectivity index (χ0v) is 13.0. The van der Waals surface area contributed by atoms with Crippen LogP contribution in [0.25, 0.3) is 0 Å². The van der Waals surface area contributed by atoms with E-state index in [9.17, 15) is 9.90 Å². The molecular formula is C16H25N3O2. The topological polar surface area (TPSA) is 58.4 Å². The summed E-state index contributed by atoms with van der Waals surface area (Å²) in [5.41, 5.74) is 1.21. The lowest BCUT2D eigenvalue weighted by Gasteiger charge is -2.23. The van der Waals surface area contributed by atoms with Gasteiger partial charge in [0.15, 0.2) is 0 Å². The lowest BCUT2D eigenvalue weighted by atomic mass is 9.97. The van der Waals surface area contributed by atoms with Gasteiger partial charge in [0.2, 0.25) is 0 Å². The maximum Gasteiger partial charge on any atom is 0.308 e. The number of carbonyl (C=O) groups is 1. The smallest absolute Gasteiger partial charge is 0.308 e. The fraction of sp³-hybridized carbons (Fsp3) is 0.750. The monoisotopic (exact) mass is 291 g/mol. The molecule has 116 valence electrons. The third-order valence-corrected chi connectivity index (χ3v) is 5.04. The zero-order chi connectivity index (χ0) is 15.0. The third-order valence-electron chi connectivity index (χ3n) is 5.04. The fourth-order valence-electron chi connectivity index (χ4n) is 3.63. The first-order valence-electron chi connectivity index (χ1n) is 8.04. The molecule has 2 aliphatic heterocycles. The number of aliphatic carboxylic acids is 1. The molecule has 1 saturated heterocycles. The Bertz CT molecular complexity index is 524. The van der Waals surface area contributed by atoms with E-state index in [0.717, 1.165) is 31.6 Å². The number of aryl methyl sites for hydroxylation is 1. The molecular weight excluding hydrogens is 266 g/mol. The number of nitrogens with zero attached hydrogens (tertiary/aromatic N) is 3. The van der Waals surface area contributed by atoms with Gasteiger partial charge in [-0.1, -0.05) is 0 Å². The molecule has 2 atom stereocenters. The summed E-state index contributed by atoms with van der Waals surface area (Å²) in [6.07, 6.45) is 5.73. The van der Waals surface area contributed by atoms with Crippen LogP contribution in [0.5, 0.6) is 0 Å². The minimum absolute atomic E-state index is 0.249. The number of hydrogen-bond donors (Lipinski definition) is 1. The van der Waals surface area contributed by atoms with E-state index >= 15 is 0 Å². The number of imidazole rings is 1. The van der Waals surface area contributed by atoms with Gasteiger partial charge in [-0.25, -0.2) is 4.98 Å². The van der Waals surface area contributed by atoms with Crippen molar-refractivity contribution in [2.45, 2.75) is 52.1 Å². The number of carboxylic acid groups (broad SMARTS) is 1. The summed E-state index contributed by atoms with van der Waals surface area (Å²) in [4.78, 5) is 18.3. The van der Waals surface area contributed by atoms with E-state index in [-0.39, 0.29) is 5.92 Å². The van der Waals surface area contributed by atoms with Crippen LogP contribution in [0.3, 0.4) is 0 Å². The van der Waals surface area contributed by atoms with Crippen molar-refractivity contribution in [1.82, 2.24) is 14.5 Å². The number of fused-ring (bicyclic) bond motifs is 1. The summed E-state index contributed by atoms with van der Waals surface area (Å²) in [7, 11) is 0. The Morgan fingerprint density at radius 3 is 2.90 bits per heavy atom. The maximum atomic E-state index is 11.2. The molecule has 0 saturated carbocycles. The Balaban J connectivity index is 1.68. The van der Waals surface area contributed by atoms with Gasteiger partial charge in [0.25, 0.3) is 0 Å². The molecule has 0 amide bonds. The molecule has 1 aromatic heterocycles. The predicted molar refractivity (Wildman–Crippen MR) is 80.2 cm³/mol. The second kappa shape index (κ2) is 5.79. The van der Waals surface area contributed by atoms with Crippen LogP contribution >= 0.6 is 0 Å². The lowest BCUT2D eigenvalue weighted by molar-refractivity contribution is -0.142. The molecule has 3 rings (SSSR count). The van der Waals surface area contributed by atoms with Crippen molar-refractivity contribution in [2.24, 2.45) is 11.8 Å². The molecule has 0 spiro atoms. The zero-order valence-electron chi connectivity index (χ0n) is 13.0. The number of hydrogen-bond acceptors (Lipinski definition) is 3. The van der Waals surface area contributed by atoms with Crippen molar-refractivity contribution in [3.63, 3.8) is 0 Å². The van der Waals surface area contributed by atoms with Crippen LogP contribution in [0, 0.1) is 11.8 Å². The largest absolute Gasteiger partial charge is 0.481 e. The van der Waals surface area contributed by atoms with Crippen molar-refractivity contribution in [3.05, 3.63) is 17.7 Å². The van der Waals surface area contributed by atoms with Crippen LogP contribution in [0.2, 0.25) is 0 Å². The van der Waals surface area contributed by atoms with Crippen LogP contribution in [-0.4, -0.2) is 44.7 Å². The van der Waals surface area contributed by atoms with Gasteiger partial charge in [-0.05, 0) is 45.6 Å². The standard InChI is InChI=1S/C16H25N3O2/c1-11(2)18-6-5-12(9-18)7-15-17-8-14-4-3-13(16(20)21)10-19(14)15/h8,11-13H,3-7,9-10H2,1-2H3,(H,20,21). The molecule has 2 unspecified atom stereocenters. The van der Waals surface area contributed by atoms with Gasteiger partial charge in [0, 0.05) is 37.4 Å². The summed E-state index contributed by atoms with van der Waals surface area (Å²) in [6.45, 7) is 7.41. The molecule has 3 heterocycles. The summed E-state index contributed by atoms with van der Waals surface area (Å²) in [6, 6.07) is 0.612. The number of aromatic nitrogens is 2. The molecule has 0 radical (unpaired) electrons. The average Bonchev–Trinajstić information content (AvgIpc) is 3.06. The van der Waals surface area contributed by atoms with E-state index in [2.05, 4.69) is 28.3 Å². The minimum atomic E-state index is -0.674. The summed E-state index contributed by atoms with van der Waals surface area (Å²) in [5, 5.41) is 9.23. The quantitative estimate of drug-likeness (QED) is 0.919. The highest BCUT2D eigenvalue weighted by Gasteiger charge is 2.29. The van der Waals surface area contributed by atoms with Crippen LogP contribution in [0.4, 0.5) is 0 Å². The Morgan fingerprint density at radius 1 is 1.43 bits per heavy atom. The van der Waals surface area contributed by atoms with Crippen molar-refractivity contribution in [1.29, 1.82) is 0 Å². The van der Waals surface area contributed by atoms with E-state index in [4.69, 9.17) is 0 Å². The highest BCUT2D eigenvalue weighted by molar-refractivity contribution is 5.70. The number of carboxylic acids is 1. The SMILES string of the molecule is CC(C)N1CCC(Cc2ncc3n2CC(C(=O)O)CC3)C1. The molecule has 1 aromatic rings. The second-order valence-electron chi connectivity index (χ2n) is 6.80. The van der Waals surface area contributed by atoms with E-state index in [1.807, 2.05) is 6.20 Å². The van der Waals surface area contributed by atoms with E-state index < -0.39 is 5.97 Å². The Hall–Kier alpha value is -1.36. The van der Waals surface area contributed by atoms with Gasteiger partial charge in [0.1, 0.15) is 5.82 Å². The summed E-state index contributed by atoms with van der Waals surface area (Å²) in [5.74, 6) is 0.823. The normalized spacial score (nSPS) is 26.2. The summed E-state index contributed by atoms with van der Waals surface area (Å²) < 4.78 is 2.17. The first kappa shape index (κ1) is 14.6. The number of rotatable bonds is 4. The van der Waals surface area contributed by atoms with Crippen molar-refractivity contribution >= 4 is 5.97 Å². The molecule has 0 aliphatic carbocycles. The van der Waals surface area contributed by atoms with Crippen LogP contribution < -0.4 is 0 Å². The third kappa shape index (κ3) is 2.98. The molecule has 0 bridgehead atoms. The highest BCUT2D eigenvalue weighted by atomic mass is 16.4. The van der Waals surface area contributed by atoms with Crippen LogP contribution in [-0.2, 0) is 24.2 Å². The molecule has 0 aromatic carbocycles. The molecule has 21 heavy (non-hydrogen) atoms. The Kier molecular flexibility index (Phi) is 4.02. The van der Waals surface area contributed by atoms with Crippen molar-refractivity contribution in [2.75, 3.05) is 13.1 Å². The maximum absolute atomic E-state index is 11.2. The Labute approximate surface area is 126 Å².